The Bertz CT molecular complexity index is 516. The molecule has 0 bridgehead atoms. The van der Waals surface area contributed by atoms with Crippen molar-refractivity contribution < 1.29 is 4.74 Å². The molecule has 0 aromatic heterocycles. The number of nitrogens with zero attached hydrogens (tertiary/aromatic N) is 1. The topological polar surface area (TPSA) is 62.3 Å². The SMILES string of the molecule is COc1ccc(CN2CCSC(C)(C)CC2)cc1C(=N)N. The summed E-state index contributed by atoms with van der Waals surface area (Å²) in [6.07, 6.45) is 1.20. The first kappa shape index (κ1) is 16.2. The Balaban J connectivity index is 2.09. The van der Waals surface area contributed by atoms with Crippen molar-refractivity contribution in [3.05, 3.63) is 29.3 Å². The van der Waals surface area contributed by atoms with Crippen molar-refractivity contribution in [3.8, 4) is 5.75 Å². The lowest BCUT2D eigenvalue weighted by Gasteiger charge is -2.23. The largest absolute Gasteiger partial charge is 0.496 e. The van der Waals surface area contributed by atoms with Gasteiger partial charge in [-0.05, 0) is 30.7 Å². The molecule has 1 aliphatic rings. The lowest BCUT2D eigenvalue weighted by atomic mass is 10.1. The number of methoxy groups -OCH3 is 1. The van der Waals surface area contributed by atoms with Crippen LogP contribution in [0.15, 0.2) is 18.2 Å². The molecular weight excluding hydrogens is 282 g/mol. The summed E-state index contributed by atoms with van der Waals surface area (Å²) in [5.41, 5.74) is 7.51. The molecule has 4 nitrogen and oxygen atoms in total. The van der Waals surface area contributed by atoms with E-state index in [0.29, 0.717) is 16.1 Å². The van der Waals surface area contributed by atoms with E-state index in [1.54, 1.807) is 7.11 Å². The number of ether oxygens (including phenoxy) is 1. The number of rotatable bonds is 4. The molecule has 5 heteroatoms. The predicted octanol–water partition coefficient (Wildman–Crippen LogP) is 2.70. The highest BCUT2D eigenvalue weighted by molar-refractivity contribution is 8.00. The van der Waals surface area contributed by atoms with Gasteiger partial charge in [0.2, 0.25) is 0 Å². The molecule has 0 radical (unpaired) electrons. The van der Waals surface area contributed by atoms with E-state index in [-0.39, 0.29) is 5.84 Å². The Kier molecular flexibility index (Phi) is 5.17. The molecule has 1 fully saturated rings. The minimum atomic E-state index is 0.0567. The first-order valence-corrected chi connectivity index (χ1v) is 8.27. The van der Waals surface area contributed by atoms with Crippen LogP contribution in [-0.2, 0) is 6.54 Å². The highest BCUT2D eigenvalue weighted by atomic mass is 32.2. The van der Waals surface area contributed by atoms with Crippen LogP contribution in [0.3, 0.4) is 0 Å². The standard InChI is InChI=1S/C16H25N3OS/c1-16(2)6-7-19(8-9-21-16)11-12-4-5-14(20-3)13(10-12)15(17)18/h4-5,10H,6-9,11H2,1-3H3,(H3,17,18). The number of nitrogen functional groups attached to an aromatic ring is 1. The molecule has 0 spiro atoms. The van der Waals surface area contributed by atoms with E-state index in [1.165, 1.54) is 17.7 Å². The molecule has 1 aromatic rings. The minimum absolute atomic E-state index is 0.0567. The van der Waals surface area contributed by atoms with Crippen molar-refractivity contribution in [2.75, 3.05) is 26.0 Å². The minimum Gasteiger partial charge on any atom is -0.496 e. The molecule has 0 amide bonds. The van der Waals surface area contributed by atoms with Gasteiger partial charge in [0.15, 0.2) is 0 Å². The Hall–Kier alpha value is -1.20. The monoisotopic (exact) mass is 307 g/mol. The summed E-state index contributed by atoms with van der Waals surface area (Å²) < 4.78 is 5.64. The second-order valence-corrected chi connectivity index (χ2v) is 7.88. The van der Waals surface area contributed by atoms with Crippen LogP contribution in [0.25, 0.3) is 0 Å². The van der Waals surface area contributed by atoms with Gasteiger partial charge in [-0.3, -0.25) is 10.3 Å². The third-order valence-corrected chi connectivity index (χ3v) is 5.26. The molecule has 0 aliphatic carbocycles. The maximum atomic E-state index is 7.66. The lowest BCUT2D eigenvalue weighted by Crippen LogP contribution is -2.27. The summed E-state index contributed by atoms with van der Waals surface area (Å²) >= 11 is 2.05. The molecule has 1 heterocycles. The van der Waals surface area contributed by atoms with Crippen LogP contribution in [0, 0.1) is 5.41 Å². The number of nitrogens with two attached hydrogens (primary N) is 1. The quantitative estimate of drug-likeness (QED) is 0.663. The molecule has 116 valence electrons. The Morgan fingerprint density at radius 1 is 1.43 bits per heavy atom. The second kappa shape index (κ2) is 6.71. The van der Waals surface area contributed by atoms with Gasteiger partial charge in [-0.2, -0.15) is 11.8 Å². The van der Waals surface area contributed by atoms with E-state index in [4.69, 9.17) is 15.9 Å². The first-order chi connectivity index (χ1) is 9.91. The van der Waals surface area contributed by atoms with Crippen LogP contribution in [0.1, 0.15) is 31.4 Å². The number of hydrogen-bond donors (Lipinski definition) is 2. The van der Waals surface area contributed by atoms with Crippen LogP contribution in [0.5, 0.6) is 5.75 Å². The predicted molar refractivity (Wildman–Crippen MR) is 90.4 cm³/mol. The smallest absolute Gasteiger partial charge is 0.129 e. The van der Waals surface area contributed by atoms with Gasteiger partial charge in [0.1, 0.15) is 11.6 Å². The summed E-state index contributed by atoms with van der Waals surface area (Å²) in [6, 6.07) is 5.95. The molecule has 1 saturated heterocycles. The summed E-state index contributed by atoms with van der Waals surface area (Å²) in [5, 5.41) is 7.66. The van der Waals surface area contributed by atoms with E-state index in [9.17, 15) is 0 Å². The van der Waals surface area contributed by atoms with Gasteiger partial charge in [0, 0.05) is 23.6 Å². The number of nitrogens with one attached hydrogen (secondary N) is 1. The van der Waals surface area contributed by atoms with Gasteiger partial charge in [-0.25, -0.2) is 0 Å². The Morgan fingerprint density at radius 3 is 2.86 bits per heavy atom. The van der Waals surface area contributed by atoms with Gasteiger partial charge >= 0.3 is 0 Å². The molecule has 1 aromatic carbocycles. The van der Waals surface area contributed by atoms with Gasteiger partial charge in [-0.1, -0.05) is 19.9 Å². The molecular formula is C16H25N3OS. The third-order valence-electron chi connectivity index (χ3n) is 3.89. The van der Waals surface area contributed by atoms with Crippen molar-refractivity contribution in [2.45, 2.75) is 31.6 Å². The van der Waals surface area contributed by atoms with E-state index >= 15 is 0 Å². The van der Waals surface area contributed by atoms with Crippen molar-refractivity contribution in [1.82, 2.24) is 4.90 Å². The van der Waals surface area contributed by atoms with E-state index in [0.717, 1.165) is 19.6 Å². The van der Waals surface area contributed by atoms with E-state index in [2.05, 4.69) is 36.6 Å². The zero-order chi connectivity index (χ0) is 15.5. The molecule has 0 atom stereocenters. The van der Waals surface area contributed by atoms with Crippen molar-refractivity contribution in [2.24, 2.45) is 5.73 Å². The normalized spacial score (nSPS) is 19.0. The van der Waals surface area contributed by atoms with Crippen LogP contribution in [0.2, 0.25) is 0 Å². The zero-order valence-electron chi connectivity index (χ0n) is 13.1. The fraction of sp³-hybridized carbons (Fsp3) is 0.562. The van der Waals surface area contributed by atoms with Gasteiger partial charge in [-0.15, -0.1) is 0 Å². The van der Waals surface area contributed by atoms with Gasteiger partial charge < -0.3 is 10.5 Å². The number of benzene rings is 1. The molecule has 21 heavy (non-hydrogen) atoms. The molecule has 3 N–H and O–H groups in total. The van der Waals surface area contributed by atoms with Crippen LogP contribution in [0.4, 0.5) is 0 Å². The first-order valence-electron chi connectivity index (χ1n) is 7.29. The zero-order valence-corrected chi connectivity index (χ0v) is 13.9. The molecule has 0 unspecified atom stereocenters. The maximum absolute atomic E-state index is 7.66. The van der Waals surface area contributed by atoms with Crippen LogP contribution >= 0.6 is 11.8 Å². The number of hydrogen-bond acceptors (Lipinski definition) is 4. The summed E-state index contributed by atoms with van der Waals surface area (Å²) in [6.45, 7) is 7.77. The molecule has 1 aliphatic heterocycles. The van der Waals surface area contributed by atoms with Crippen LogP contribution < -0.4 is 10.5 Å². The van der Waals surface area contributed by atoms with Gasteiger partial charge in [0.05, 0.1) is 12.7 Å². The van der Waals surface area contributed by atoms with Gasteiger partial charge in [0.25, 0.3) is 0 Å². The highest BCUT2D eigenvalue weighted by Crippen LogP contribution is 2.31. The summed E-state index contributed by atoms with van der Waals surface area (Å²) in [7, 11) is 1.61. The summed E-state index contributed by atoms with van der Waals surface area (Å²) in [5.74, 6) is 1.89. The Labute approximate surface area is 131 Å². The second-order valence-electron chi connectivity index (χ2n) is 6.08. The molecule has 0 saturated carbocycles. The fourth-order valence-electron chi connectivity index (χ4n) is 2.54. The van der Waals surface area contributed by atoms with Crippen molar-refractivity contribution >= 4 is 17.6 Å². The number of thioether (sulfide) groups is 1. The summed E-state index contributed by atoms with van der Waals surface area (Å²) in [4.78, 5) is 2.48. The molecule has 2 rings (SSSR count). The average molecular weight is 307 g/mol. The van der Waals surface area contributed by atoms with Crippen LogP contribution in [-0.4, -0.2) is 41.4 Å². The maximum Gasteiger partial charge on any atom is 0.129 e. The lowest BCUT2D eigenvalue weighted by molar-refractivity contribution is 0.276. The highest BCUT2D eigenvalue weighted by Gasteiger charge is 2.23. The average Bonchev–Trinajstić information content (AvgIpc) is 2.60. The number of amidine groups is 1. The third kappa shape index (κ3) is 4.38. The van der Waals surface area contributed by atoms with E-state index in [1.807, 2.05) is 12.1 Å². The van der Waals surface area contributed by atoms with E-state index < -0.39 is 0 Å². The Morgan fingerprint density at radius 2 is 2.19 bits per heavy atom. The van der Waals surface area contributed by atoms with Crippen molar-refractivity contribution in [3.63, 3.8) is 0 Å². The fourth-order valence-corrected chi connectivity index (χ4v) is 3.68. The van der Waals surface area contributed by atoms with Crippen molar-refractivity contribution in [1.29, 1.82) is 5.41 Å².